The number of anilines is 1. The predicted molar refractivity (Wildman–Crippen MR) is 106 cm³/mol. The minimum Gasteiger partial charge on any atom is -0.493 e. The molecule has 0 aliphatic carbocycles. The molecule has 4 aromatic rings. The van der Waals surface area contributed by atoms with E-state index < -0.39 is 0 Å². The molecule has 0 aliphatic rings. The summed E-state index contributed by atoms with van der Waals surface area (Å²) in [4.78, 5) is 7.61. The third-order valence-corrected chi connectivity index (χ3v) is 4.04. The van der Waals surface area contributed by atoms with Crippen molar-refractivity contribution in [1.82, 2.24) is 20.2 Å². The number of hydrogen-bond donors (Lipinski definition) is 3. The van der Waals surface area contributed by atoms with E-state index in [2.05, 4.69) is 30.7 Å². The number of aliphatic hydroxyl groups excluding tert-OH is 1. The van der Waals surface area contributed by atoms with Gasteiger partial charge in [0.1, 0.15) is 12.1 Å². The Bertz CT molecular complexity index is 1140. The maximum atomic E-state index is 8.86. The van der Waals surface area contributed by atoms with Crippen LogP contribution in [0.1, 0.15) is 5.56 Å². The lowest BCUT2D eigenvalue weighted by Crippen LogP contribution is -2.03. The third kappa shape index (κ3) is 3.55. The Morgan fingerprint density at radius 3 is 2.93 bits per heavy atom. The summed E-state index contributed by atoms with van der Waals surface area (Å²) in [6, 6.07) is 13.2. The van der Waals surface area contributed by atoms with E-state index in [1.165, 1.54) is 0 Å². The molecule has 28 heavy (non-hydrogen) atoms. The number of nitrogens with zero attached hydrogens (tertiary/aromatic N) is 4. The van der Waals surface area contributed by atoms with Crippen LogP contribution in [0.5, 0.6) is 11.5 Å². The van der Waals surface area contributed by atoms with Crippen LogP contribution < -0.4 is 14.9 Å². The standard InChI is InChI=1S/C19H18N6O3/c1-27-16-10-12(6-7-15(16)28-9-8-26)11-20-24-19-22-18-17(23-25-19)13-4-2-3-5-14(13)21-18/h2-7,10-11,26H,8-9H2,1H3,(H2,21,22,24,25)/b20-11+. The highest BCUT2D eigenvalue weighted by Gasteiger charge is 2.08. The molecule has 4 rings (SSSR count). The van der Waals surface area contributed by atoms with Crippen molar-refractivity contribution in [2.24, 2.45) is 5.10 Å². The van der Waals surface area contributed by atoms with E-state index in [0.717, 1.165) is 16.5 Å². The zero-order chi connectivity index (χ0) is 19.3. The first-order valence-electron chi connectivity index (χ1n) is 8.60. The molecule has 0 amide bonds. The molecule has 2 aromatic carbocycles. The lowest BCUT2D eigenvalue weighted by Gasteiger charge is -2.10. The fourth-order valence-corrected chi connectivity index (χ4v) is 2.77. The molecule has 0 saturated carbocycles. The van der Waals surface area contributed by atoms with Crippen molar-refractivity contribution in [2.45, 2.75) is 0 Å². The van der Waals surface area contributed by atoms with E-state index in [-0.39, 0.29) is 19.2 Å². The van der Waals surface area contributed by atoms with Gasteiger partial charge in [-0.15, -0.1) is 10.2 Å². The first kappa shape index (κ1) is 17.7. The third-order valence-electron chi connectivity index (χ3n) is 4.04. The number of aromatic amines is 1. The van der Waals surface area contributed by atoms with Gasteiger partial charge in [-0.3, -0.25) is 0 Å². The van der Waals surface area contributed by atoms with Crippen LogP contribution in [0.25, 0.3) is 22.1 Å². The molecule has 2 aromatic heterocycles. The molecular formula is C19H18N6O3. The van der Waals surface area contributed by atoms with E-state index in [1.807, 2.05) is 30.3 Å². The molecule has 0 unspecified atom stereocenters. The Kier molecular flexibility index (Phi) is 4.98. The molecule has 3 N–H and O–H groups in total. The predicted octanol–water partition coefficient (Wildman–Crippen LogP) is 2.33. The van der Waals surface area contributed by atoms with Crippen LogP contribution in [0.4, 0.5) is 5.95 Å². The van der Waals surface area contributed by atoms with Gasteiger partial charge in [0.05, 0.1) is 19.9 Å². The highest BCUT2D eigenvalue weighted by molar-refractivity contribution is 6.03. The zero-order valence-corrected chi connectivity index (χ0v) is 15.1. The van der Waals surface area contributed by atoms with Crippen LogP contribution in [0.3, 0.4) is 0 Å². The molecule has 142 valence electrons. The van der Waals surface area contributed by atoms with Crippen LogP contribution in [-0.4, -0.2) is 51.8 Å². The van der Waals surface area contributed by atoms with E-state index in [0.29, 0.717) is 22.7 Å². The van der Waals surface area contributed by atoms with Gasteiger partial charge in [0.15, 0.2) is 17.1 Å². The van der Waals surface area contributed by atoms with Crippen molar-refractivity contribution in [1.29, 1.82) is 0 Å². The second-order valence-corrected chi connectivity index (χ2v) is 5.86. The highest BCUT2D eigenvalue weighted by Crippen LogP contribution is 2.27. The van der Waals surface area contributed by atoms with Gasteiger partial charge in [0.25, 0.3) is 5.95 Å². The molecule has 0 saturated heterocycles. The van der Waals surface area contributed by atoms with E-state index in [1.54, 1.807) is 25.5 Å². The van der Waals surface area contributed by atoms with Crippen molar-refractivity contribution in [2.75, 3.05) is 25.7 Å². The number of para-hydroxylation sites is 1. The Labute approximate surface area is 160 Å². The number of rotatable bonds is 7. The summed E-state index contributed by atoms with van der Waals surface area (Å²) in [6.45, 7) is 0.136. The van der Waals surface area contributed by atoms with Crippen molar-refractivity contribution >= 4 is 34.2 Å². The maximum Gasteiger partial charge on any atom is 0.265 e. The zero-order valence-electron chi connectivity index (χ0n) is 15.1. The fourth-order valence-electron chi connectivity index (χ4n) is 2.77. The summed E-state index contributed by atoms with van der Waals surface area (Å²) in [5.41, 5.74) is 5.88. The molecule has 2 heterocycles. The van der Waals surface area contributed by atoms with Gasteiger partial charge in [-0.2, -0.15) is 10.1 Å². The van der Waals surface area contributed by atoms with Gasteiger partial charge in [0, 0.05) is 10.9 Å². The number of nitrogens with one attached hydrogen (secondary N) is 2. The highest BCUT2D eigenvalue weighted by atomic mass is 16.5. The largest absolute Gasteiger partial charge is 0.493 e. The second kappa shape index (κ2) is 7.89. The Balaban J connectivity index is 1.50. The van der Waals surface area contributed by atoms with Gasteiger partial charge in [-0.05, 0) is 29.8 Å². The Morgan fingerprint density at radius 2 is 2.07 bits per heavy atom. The van der Waals surface area contributed by atoms with Crippen LogP contribution >= 0.6 is 0 Å². The van der Waals surface area contributed by atoms with E-state index in [4.69, 9.17) is 14.6 Å². The number of methoxy groups -OCH3 is 1. The molecule has 0 aliphatic heterocycles. The Hall–Kier alpha value is -3.72. The number of fused-ring (bicyclic) bond motifs is 3. The van der Waals surface area contributed by atoms with E-state index in [9.17, 15) is 0 Å². The number of hydrogen-bond acceptors (Lipinski definition) is 8. The molecule has 0 fully saturated rings. The van der Waals surface area contributed by atoms with Gasteiger partial charge >= 0.3 is 0 Å². The number of aliphatic hydroxyl groups is 1. The summed E-state index contributed by atoms with van der Waals surface area (Å²) in [5.74, 6) is 1.39. The average Bonchev–Trinajstić information content (AvgIpc) is 3.10. The molecule has 0 bridgehead atoms. The van der Waals surface area contributed by atoms with Crippen LogP contribution in [0, 0.1) is 0 Å². The summed E-state index contributed by atoms with van der Waals surface area (Å²) < 4.78 is 10.7. The number of aromatic nitrogens is 4. The first-order valence-corrected chi connectivity index (χ1v) is 8.60. The smallest absolute Gasteiger partial charge is 0.265 e. The van der Waals surface area contributed by atoms with Crippen LogP contribution in [-0.2, 0) is 0 Å². The Morgan fingerprint density at radius 1 is 1.18 bits per heavy atom. The molecule has 9 heteroatoms. The second-order valence-electron chi connectivity index (χ2n) is 5.86. The quantitative estimate of drug-likeness (QED) is 0.334. The fraction of sp³-hybridized carbons (Fsp3) is 0.158. The molecule has 0 radical (unpaired) electrons. The van der Waals surface area contributed by atoms with Gasteiger partial charge < -0.3 is 19.6 Å². The lowest BCUT2D eigenvalue weighted by atomic mass is 10.2. The minimum atomic E-state index is -0.0644. The minimum absolute atomic E-state index is 0.0644. The topological polar surface area (TPSA) is 118 Å². The van der Waals surface area contributed by atoms with Crippen LogP contribution in [0.2, 0.25) is 0 Å². The van der Waals surface area contributed by atoms with Gasteiger partial charge in [-0.25, -0.2) is 5.43 Å². The summed E-state index contributed by atoms with van der Waals surface area (Å²) in [6.07, 6.45) is 1.61. The van der Waals surface area contributed by atoms with E-state index >= 15 is 0 Å². The SMILES string of the molecule is COc1cc(/C=N/Nc2nnc3c(n2)[nH]c2ccccc23)ccc1OCCO. The summed E-state index contributed by atoms with van der Waals surface area (Å²) in [5, 5.41) is 22.3. The summed E-state index contributed by atoms with van der Waals surface area (Å²) >= 11 is 0. The van der Waals surface area contributed by atoms with Crippen LogP contribution in [0.15, 0.2) is 47.6 Å². The number of H-pyrrole nitrogens is 1. The van der Waals surface area contributed by atoms with Crippen molar-refractivity contribution in [3.05, 3.63) is 48.0 Å². The maximum absolute atomic E-state index is 8.86. The lowest BCUT2D eigenvalue weighted by molar-refractivity contribution is 0.196. The molecule has 9 nitrogen and oxygen atoms in total. The number of benzene rings is 2. The monoisotopic (exact) mass is 378 g/mol. The van der Waals surface area contributed by atoms with Crippen molar-refractivity contribution < 1.29 is 14.6 Å². The van der Waals surface area contributed by atoms with Gasteiger partial charge in [-0.1, -0.05) is 18.2 Å². The molecular weight excluding hydrogens is 360 g/mol. The number of hydrazone groups is 1. The summed E-state index contributed by atoms with van der Waals surface area (Å²) in [7, 11) is 1.55. The van der Waals surface area contributed by atoms with Crippen molar-refractivity contribution in [3.8, 4) is 11.5 Å². The van der Waals surface area contributed by atoms with Crippen molar-refractivity contribution in [3.63, 3.8) is 0 Å². The van der Waals surface area contributed by atoms with Gasteiger partial charge in [0.2, 0.25) is 0 Å². The average molecular weight is 378 g/mol. The normalized spacial score (nSPS) is 11.4. The molecule has 0 atom stereocenters. The first-order chi connectivity index (χ1) is 13.8. The molecule has 0 spiro atoms. The number of ether oxygens (including phenoxy) is 2.